The first-order valence-corrected chi connectivity index (χ1v) is 8.52. The summed E-state index contributed by atoms with van der Waals surface area (Å²) in [5.74, 6) is -0.236. The number of aliphatic carboxylic acids is 1. The molecule has 6 heteroatoms. The van der Waals surface area contributed by atoms with Gasteiger partial charge < -0.3 is 19.5 Å². The molecular weight excluding hydrogens is 334 g/mol. The Bertz CT molecular complexity index is 762. The molecule has 1 aliphatic heterocycles. The molecule has 26 heavy (non-hydrogen) atoms. The van der Waals surface area contributed by atoms with Crippen LogP contribution < -0.4 is 9.47 Å². The van der Waals surface area contributed by atoms with Crippen molar-refractivity contribution in [2.45, 2.75) is 13.0 Å². The Morgan fingerprint density at radius 1 is 1.04 bits per heavy atom. The van der Waals surface area contributed by atoms with E-state index >= 15 is 0 Å². The first-order chi connectivity index (χ1) is 12.6. The summed E-state index contributed by atoms with van der Waals surface area (Å²) in [6.07, 6.45) is 0.0588. The molecule has 0 bridgehead atoms. The van der Waals surface area contributed by atoms with Gasteiger partial charge in [-0.1, -0.05) is 36.4 Å². The monoisotopic (exact) mass is 355 g/mol. The Kier molecular flexibility index (Phi) is 5.73. The molecule has 1 unspecified atom stereocenters. The third-order valence-electron chi connectivity index (χ3n) is 4.25. The van der Waals surface area contributed by atoms with Gasteiger partial charge in [-0.15, -0.1) is 0 Å². The molecule has 1 saturated heterocycles. The quantitative estimate of drug-likeness (QED) is 0.737. The zero-order chi connectivity index (χ0) is 18.4. The number of benzene rings is 2. The van der Waals surface area contributed by atoms with Gasteiger partial charge in [-0.3, -0.25) is 9.59 Å². The van der Waals surface area contributed by atoms with E-state index in [1.54, 1.807) is 4.90 Å². The van der Waals surface area contributed by atoms with Crippen molar-refractivity contribution < 1.29 is 24.2 Å². The Morgan fingerprint density at radius 3 is 2.46 bits per heavy atom. The van der Waals surface area contributed by atoms with Gasteiger partial charge in [0, 0.05) is 25.1 Å². The summed E-state index contributed by atoms with van der Waals surface area (Å²) in [5, 5.41) is 9.09. The Balaban J connectivity index is 1.55. The van der Waals surface area contributed by atoms with Crippen molar-refractivity contribution in [2.24, 2.45) is 5.92 Å². The topological polar surface area (TPSA) is 76.1 Å². The molecule has 1 heterocycles. The lowest BCUT2D eigenvalue weighted by atomic mass is 10.1. The van der Waals surface area contributed by atoms with Gasteiger partial charge in [-0.2, -0.15) is 0 Å². The van der Waals surface area contributed by atoms with Crippen LogP contribution in [-0.2, 0) is 16.1 Å². The van der Waals surface area contributed by atoms with Crippen molar-refractivity contribution in [1.29, 1.82) is 0 Å². The number of para-hydroxylation sites is 2. The highest BCUT2D eigenvalue weighted by Gasteiger charge is 2.34. The van der Waals surface area contributed by atoms with Gasteiger partial charge in [-0.25, -0.2) is 0 Å². The lowest BCUT2D eigenvalue weighted by Crippen LogP contribution is -2.26. The maximum absolute atomic E-state index is 12.0. The zero-order valence-corrected chi connectivity index (χ0v) is 14.3. The van der Waals surface area contributed by atoms with E-state index in [0.29, 0.717) is 25.5 Å². The van der Waals surface area contributed by atoms with Crippen LogP contribution in [0.3, 0.4) is 0 Å². The molecule has 1 aliphatic rings. The van der Waals surface area contributed by atoms with Crippen molar-refractivity contribution in [3.05, 3.63) is 60.2 Å². The Labute approximate surface area is 152 Å². The molecule has 0 spiro atoms. The van der Waals surface area contributed by atoms with Crippen LogP contribution in [0.25, 0.3) is 0 Å². The number of hydrogen-bond donors (Lipinski definition) is 1. The number of likely N-dealkylation sites (tertiary alicyclic amines) is 1. The highest BCUT2D eigenvalue weighted by Crippen LogP contribution is 2.25. The molecule has 6 nitrogen and oxygen atoms in total. The molecule has 0 radical (unpaired) electrons. The smallest absolute Gasteiger partial charge is 0.308 e. The number of carboxylic acids is 1. The van der Waals surface area contributed by atoms with Crippen LogP contribution in [-0.4, -0.2) is 41.6 Å². The number of rotatable bonds is 8. The predicted octanol–water partition coefficient (Wildman–Crippen LogP) is 2.58. The van der Waals surface area contributed by atoms with E-state index in [-0.39, 0.29) is 18.9 Å². The number of nitrogens with zero attached hydrogens (tertiary/aromatic N) is 1. The van der Waals surface area contributed by atoms with Crippen molar-refractivity contribution in [1.82, 2.24) is 4.90 Å². The zero-order valence-electron chi connectivity index (χ0n) is 14.3. The third-order valence-corrected chi connectivity index (χ3v) is 4.25. The molecule has 1 atom stereocenters. The first kappa shape index (κ1) is 17.8. The molecule has 2 aromatic carbocycles. The fourth-order valence-corrected chi connectivity index (χ4v) is 2.90. The predicted molar refractivity (Wildman–Crippen MR) is 95.0 cm³/mol. The van der Waals surface area contributed by atoms with E-state index in [2.05, 4.69) is 0 Å². The fourth-order valence-electron chi connectivity index (χ4n) is 2.90. The molecular formula is C20H21NO5. The lowest BCUT2D eigenvalue weighted by molar-refractivity contribution is -0.141. The molecule has 1 fully saturated rings. The minimum atomic E-state index is -0.927. The molecule has 136 valence electrons. The molecule has 0 saturated carbocycles. The van der Waals surface area contributed by atoms with Crippen molar-refractivity contribution in [3.8, 4) is 11.5 Å². The number of hydrogen-bond acceptors (Lipinski definition) is 4. The normalized spacial score (nSPS) is 16.5. The number of ether oxygens (including phenoxy) is 2. The van der Waals surface area contributed by atoms with E-state index in [9.17, 15) is 9.59 Å². The van der Waals surface area contributed by atoms with E-state index in [1.807, 2.05) is 54.6 Å². The molecule has 3 rings (SSSR count). The van der Waals surface area contributed by atoms with Crippen LogP contribution in [0.5, 0.6) is 11.5 Å². The Morgan fingerprint density at radius 2 is 1.73 bits per heavy atom. The number of carbonyl (C=O) groups is 2. The molecule has 1 amide bonds. The highest BCUT2D eigenvalue weighted by molar-refractivity contribution is 5.86. The highest BCUT2D eigenvalue weighted by atomic mass is 16.5. The van der Waals surface area contributed by atoms with Crippen LogP contribution in [0.1, 0.15) is 12.0 Å². The summed E-state index contributed by atoms with van der Waals surface area (Å²) < 4.78 is 11.4. The van der Waals surface area contributed by atoms with Gasteiger partial charge in [0.05, 0.1) is 5.92 Å². The second-order valence-corrected chi connectivity index (χ2v) is 6.13. The van der Waals surface area contributed by atoms with Crippen LogP contribution in [0.4, 0.5) is 0 Å². The SMILES string of the molecule is O=C(O)C1CC(=O)N(Cc2ccccc2OCCOc2ccccc2)C1. The minimum Gasteiger partial charge on any atom is -0.490 e. The van der Waals surface area contributed by atoms with Gasteiger partial charge in [0.15, 0.2) is 0 Å². The van der Waals surface area contributed by atoms with E-state index < -0.39 is 11.9 Å². The van der Waals surface area contributed by atoms with Gasteiger partial charge in [0.2, 0.25) is 5.91 Å². The summed E-state index contributed by atoms with van der Waals surface area (Å²) in [4.78, 5) is 24.7. The summed E-state index contributed by atoms with van der Waals surface area (Å²) in [5.41, 5.74) is 0.853. The van der Waals surface area contributed by atoms with Crippen LogP contribution >= 0.6 is 0 Å². The van der Waals surface area contributed by atoms with Gasteiger partial charge >= 0.3 is 5.97 Å². The summed E-state index contributed by atoms with van der Waals surface area (Å²) in [7, 11) is 0. The molecule has 1 N–H and O–H groups in total. The van der Waals surface area contributed by atoms with Gasteiger partial charge in [-0.05, 0) is 18.2 Å². The van der Waals surface area contributed by atoms with Crippen molar-refractivity contribution >= 4 is 11.9 Å². The molecule has 0 aromatic heterocycles. The first-order valence-electron chi connectivity index (χ1n) is 8.52. The van der Waals surface area contributed by atoms with Crippen LogP contribution in [0, 0.1) is 5.92 Å². The second kappa shape index (κ2) is 8.38. The summed E-state index contributed by atoms with van der Waals surface area (Å²) in [6, 6.07) is 17.0. The fraction of sp³-hybridized carbons (Fsp3) is 0.300. The average molecular weight is 355 g/mol. The summed E-state index contributed by atoms with van der Waals surface area (Å²) >= 11 is 0. The molecule has 0 aliphatic carbocycles. The number of amides is 1. The lowest BCUT2D eigenvalue weighted by Gasteiger charge is -2.18. The number of carbonyl (C=O) groups excluding carboxylic acids is 1. The largest absolute Gasteiger partial charge is 0.490 e. The molecule has 2 aromatic rings. The maximum Gasteiger partial charge on any atom is 0.308 e. The average Bonchev–Trinajstić information content (AvgIpc) is 3.02. The Hall–Kier alpha value is -3.02. The van der Waals surface area contributed by atoms with Crippen molar-refractivity contribution in [2.75, 3.05) is 19.8 Å². The van der Waals surface area contributed by atoms with E-state index in [4.69, 9.17) is 14.6 Å². The van der Waals surface area contributed by atoms with E-state index in [0.717, 1.165) is 11.3 Å². The van der Waals surface area contributed by atoms with Crippen LogP contribution in [0.2, 0.25) is 0 Å². The van der Waals surface area contributed by atoms with Gasteiger partial charge in [0.25, 0.3) is 0 Å². The number of carboxylic acid groups (broad SMARTS) is 1. The minimum absolute atomic E-state index is 0.0588. The summed E-state index contributed by atoms with van der Waals surface area (Å²) in [6.45, 7) is 1.36. The van der Waals surface area contributed by atoms with Crippen molar-refractivity contribution in [3.63, 3.8) is 0 Å². The van der Waals surface area contributed by atoms with Crippen LogP contribution in [0.15, 0.2) is 54.6 Å². The van der Waals surface area contributed by atoms with E-state index in [1.165, 1.54) is 0 Å². The van der Waals surface area contributed by atoms with Gasteiger partial charge in [0.1, 0.15) is 24.7 Å². The second-order valence-electron chi connectivity index (χ2n) is 6.13. The third kappa shape index (κ3) is 4.53. The standard InChI is InChI=1S/C20H21NO5/c22-19-12-16(20(23)24)14-21(19)13-15-6-4-5-9-18(15)26-11-10-25-17-7-2-1-3-8-17/h1-9,16H,10-14H2,(H,23,24). The maximum atomic E-state index is 12.0.